The minimum atomic E-state index is -1.34. The first kappa shape index (κ1) is 14.5. The molecule has 1 heterocycles. The van der Waals surface area contributed by atoms with Gasteiger partial charge in [0.25, 0.3) is 5.91 Å². The maximum Gasteiger partial charge on any atom is 0.257 e. The third-order valence-electron chi connectivity index (χ3n) is 5.16. The molecular formula is C18H21N3O2. The van der Waals surface area contributed by atoms with Crippen LogP contribution in [0.3, 0.4) is 0 Å². The monoisotopic (exact) mass is 311 g/mol. The maximum absolute atomic E-state index is 12.7. The van der Waals surface area contributed by atoms with Crippen LogP contribution in [0.25, 0.3) is 0 Å². The summed E-state index contributed by atoms with van der Waals surface area (Å²) in [4.78, 5) is 12.7. The highest BCUT2D eigenvalue weighted by atomic mass is 16.3. The molecule has 23 heavy (non-hydrogen) atoms. The normalized spacial score (nSPS) is 23.9. The second-order valence-corrected chi connectivity index (χ2v) is 6.68. The van der Waals surface area contributed by atoms with Gasteiger partial charge < -0.3 is 10.4 Å². The highest BCUT2D eigenvalue weighted by Gasteiger charge is 2.39. The van der Waals surface area contributed by atoms with E-state index in [0.717, 1.165) is 24.8 Å². The lowest BCUT2D eigenvalue weighted by Crippen LogP contribution is -2.47. The number of fused-ring (bicyclic) bond motifs is 1. The van der Waals surface area contributed by atoms with E-state index in [1.54, 1.807) is 12.3 Å². The summed E-state index contributed by atoms with van der Waals surface area (Å²) < 4.78 is 1.88. The van der Waals surface area contributed by atoms with Gasteiger partial charge in [-0.3, -0.25) is 4.79 Å². The molecule has 0 radical (unpaired) electrons. The Morgan fingerprint density at radius 2 is 2.04 bits per heavy atom. The standard InChI is InChI=1S/C18H21N3O2/c22-17(20-16-9-11-19-21(16)15-6-3-7-15)18(23)10-8-13-4-1-2-5-14(13)12-18/h1-2,4-5,9,11,15,23H,3,6-8,10,12H2,(H,20,22). The number of aryl methyl sites for hydroxylation is 1. The fraction of sp³-hybridized carbons (Fsp3) is 0.444. The van der Waals surface area contributed by atoms with Crippen LogP contribution in [0.4, 0.5) is 5.82 Å². The van der Waals surface area contributed by atoms with Crippen LogP contribution in [-0.2, 0) is 17.6 Å². The van der Waals surface area contributed by atoms with E-state index in [4.69, 9.17) is 0 Å². The molecule has 1 unspecified atom stereocenters. The minimum absolute atomic E-state index is 0.326. The van der Waals surface area contributed by atoms with E-state index >= 15 is 0 Å². The zero-order valence-electron chi connectivity index (χ0n) is 13.0. The van der Waals surface area contributed by atoms with Gasteiger partial charge in [0.1, 0.15) is 11.4 Å². The first-order valence-corrected chi connectivity index (χ1v) is 8.30. The number of benzene rings is 1. The zero-order chi connectivity index (χ0) is 15.9. The Morgan fingerprint density at radius 3 is 2.78 bits per heavy atom. The third kappa shape index (κ3) is 2.55. The Labute approximate surface area is 135 Å². The van der Waals surface area contributed by atoms with E-state index in [0.29, 0.717) is 24.7 Å². The molecule has 0 spiro atoms. The van der Waals surface area contributed by atoms with Crippen molar-refractivity contribution < 1.29 is 9.90 Å². The number of hydrogen-bond acceptors (Lipinski definition) is 3. The molecule has 2 N–H and O–H groups in total. The van der Waals surface area contributed by atoms with E-state index in [2.05, 4.69) is 16.5 Å². The van der Waals surface area contributed by atoms with Gasteiger partial charge in [-0.1, -0.05) is 24.3 Å². The van der Waals surface area contributed by atoms with Crippen LogP contribution in [0.5, 0.6) is 0 Å². The largest absolute Gasteiger partial charge is 0.380 e. The highest BCUT2D eigenvalue weighted by Crippen LogP contribution is 2.34. The molecule has 0 bridgehead atoms. The number of anilines is 1. The molecule has 1 amide bonds. The van der Waals surface area contributed by atoms with E-state index < -0.39 is 5.60 Å². The Bertz CT molecular complexity index is 735. The molecule has 1 saturated carbocycles. The number of aromatic nitrogens is 2. The van der Waals surface area contributed by atoms with Crippen LogP contribution < -0.4 is 5.32 Å². The lowest BCUT2D eigenvalue weighted by Gasteiger charge is -2.33. The second-order valence-electron chi connectivity index (χ2n) is 6.68. The Hall–Kier alpha value is -2.14. The van der Waals surface area contributed by atoms with Crippen molar-refractivity contribution in [3.05, 3.63) is 47.7 Å². The Balaban J connectivity index is 1.52. The molecule has 120 valence electrons. The first-order valence-electron chi connectivity index (χ1n) is 8.30. The fourth-order valence-electron chi connectivity index (χ4n) is 3.48. The summed E-state index contributed by atoms with van der Waals surface area (Å²) in [6, 6.07) is 10.2. The second kappa shape index (κ2) is 5.49. The van der Waals surface area contributed by atoms with E-state index in [-0.39, 0.29) is 5.91 Å². The number of nitrogens with one attached hydrogen (secondary N) is 1. The average molecular weight is 311 g/mol. The predicted octanol–water partition coefficient (Wildman–Crippen LogP) is 2.47. The first-order chi connectivity index (χ1) is 11.2. The summed E-state index contributed by atoms with van der Waals surface area (Å²) in [6.45, 7) is 0. The molecular weight excluding hydrogens is 290 g/mol. The number of carbonyl (C=O) groups excluding carboxylic acids is 1. The molecule has 2 aliphatic rings. The van der Waals surface area contributed by atoms with E-state index in [9.17, 15) is 9.90 Å². The minimum Gasteiger partial charge on any atom is -0.380 e. The van der Waals surface area contributed by atoms with E-state index in [1.165, 1.54) is 12.0 Å². The van der Waals surface area contributed by atoms with Crippen LogP contribution in [0.1, 0.15) is 42.9 Å². The van der Waals surface area contributed by atoms with Crippen molar-refractivity contribution in [3.8, 4) is 0 Å². The lowest BCUT2D eigenvalue weighted by atomic mass is 9.80. The molecule has 1 aromatic carbocycles. The van der Waals surface area contributed by atoms with E-state index in [1.807, 2.05) is 22.9 Å². The van der Waals surface area contributed by atoms with Crippen molar-refractivity contribution in [2.24, 2.45) is 0 Å². The summed E-state index contributed by atoms with van der Waals surface area (Å²) in [5, 5.41) is 18.1. The number of rotatable bonds is 3. The maximum atomic E-state index is 12.7. The summed E-state index contributed by atoms with van der Waals surface area (Å²) >= 11 is 0. The van der Waals surface area contributed by atoms with Gasteiger partial charge in [0.2, 0.25) is 0 Å². The number of hydrogen-bond donors (Lipinski definition) is 2. The summed E-state index contributed by atoms with van der Waals surface area (Å²) in [5.41, 5.74) is 0.941. The summed E-state index contributed by atoms with van der Waals surface area (Å²) in [7, 11) is 0. The highest BCUT2D eigenvalue weighted by molar-refractivity contribution is 5.97. The summed E-state index contributed by atoms with van der Waals surface area (Å²) in [6.07, 6.45) is 6.65. The van der Waals surface area contributed by atoms with Crippen LogP contribution >= 0.6 is 0 Å². The quantitative estimate of drug-likeness (QED) is 0.915. The van der Waals surface area contributed by atoms with Gasteiger partial charge in [-0.05, 0) is 43.2 Å². The molecule has 1 atom stereocenters. The fourth-order valence-corrected chi connectivity index (χ4v) is 3.48. The van der Waals surface area contributed by atoms with Crippen molar-refractivity contribution in [2.75, 3.05) is 5.32 Å². The molecule has 0 saturated heterocycles. The molecule has 0 aliphatic heterocycles. The molecule has 1 fully saturated rings. The molecule has 5 nitrogen and oxygen atoms in total. The molecule has 5 heteroatoms. The Kier molecular flexibility index (Phi) is 3.45. The lowest BCUT2D eigenvalue weighted by molar-refractivity contribution is -0.135. The van der Waals surface area contributed by atoms with Gasteiger partial charge in [0.05, 0.1) is 12.2 Å². The van der Waals surface area contributed by atoms with Crippen LogP contribution in [0.15, 0.2) is 36.5 Å². The van der Waals surface area contributed by atoms with Gasteiger partial charge in [0, 0.05) is 12.5 Å². The van der Waals surface area contributed by atoms with Crippen molar-refractivity contribution >= 4 is 11.7 Å². The molecule has 1 aromatic heterocycles. The van der Waals surface area contributed by atoms with Crippen molar-refractivity contribution in [3.63, 3.8) is 0 Å². The van der Waals surface area contributed by atoms with Crippen LogP contribution in [0, 0.1) is 0 Å². The van der Waals surface area contributed by atoms with Gasteiger partial charge in [0.15, 0.2) is 0 Å². The average Bonchev–Trinajstić information content (AvgIpc) is 2.93. The zero-order valence-corrected chi connectivity index (χ0v) is 13.0. The summed E-state index contributed by atoms with van der Waals surface area (Å²) in [5.74, 6) is 0.361. The van der Waals surface area contributed by atoms with Gasteiger partial charge in [-0.25, -0.2) is 4.68 Å². The predicted molar refractivity (Wildman–Crippen MR) is 87.2 cm³/mol. The third-order valence-corrected chi connectivity index (χ3v) is 5.16. The van der Waals surface area contributed by atoms with Crippen LogP contribution in [0.2, 0.25) is 0 Å². The van der Waals surface area contributed by atoms with Crippen LogP contribution in [-0.4, -0.2) is 26.4 Å². The Morgan fingerprint density at radius 1 is 1.26 bits per heavy atom. The number of aliphatic hydroxyl groups is 1. The number of amides is 1. The topological polar surface area (TPSA) is 67.2 Å². The van der Waals surface area contributed by atoms with Gasteiger partial charge >= 0.3 is 0 Å². The molecule has 2 aliphatic carbocycles. The number of carbonyl (C=O) groups is 1. The van der Waals surface area contributed by atoms with Gasteiger partial charge in [-0.2, -0.15) is 5.10 Å². The van der Waals surface area contributed by atoms with Crippen molar-refractivity contribution in [2.45, 2.75) is 50.2 Å². The molecule has 4 rings (SSSR count). The van der Waals surface area contributed by atoms with Crippen molar-refractivity contribution in [1.82, 2.24) is 9.78 Å². The van der Waals surface area contributed by atoms with Gasteiger partial charge in [-0.15, -0.1) is 0 Å². The molecule has 2 aromatic rings. The SMILES string of the molecule is O=C(Nc1ccnn1C1CCC1)C1(O)CCc2ccccc2C1. The van der Waals surface area contributed by atoms with Crippen molar-refractivity contribution in [1.29, 1.82) is 0 Å². The smallest absolute Gasteiger partial charge is 0.257 e. The number of nitrogens with zero attached hydrogens (tertiary/aromatic N) is 2.